The minimum Gasteiger partial charge on any atom is -0.337 e. The fourth-order valence-electron chi connectivity index (χ4n) is 8.54. The molecule has 0 aliphatic rings. The standard InChI is InChI=1S/C16H19Cl3N4O3S2.C16H16N4O2S2.C13H7Cl3N4O2S2.C13H9Cl2N3O2S3/c1-8(2)23(9(3)4)14(24)7-13-20-21-16(27-13)22-28(25,26)15-11(18)5-10(17)6-12(15)19;1-2-4-12-6-8-14(9-7-12)24(21,22)20-16-19-18-15(23-16)13-5-3-10-17-11-13;14-8-4-9(15)11(10(16)5-8)24(21,22)20-13-19-18-12(23-13)7-2-1-3-17-6-7;1-7-8(14)3-2-4-10(7)23(19,20)18-13-17-16-12(22-13)9-5-6-11(15)21-9/h5-6,8-9H,7H2,1-4H3,(H,21,22);3,5-11H,2,4H2,1H3,(H,19,20);1-6H,(H,19,20);2-6H,1H3,(H,17,18). The van der Waals surface area contributed by atoms with Crippen LogP contribution in [0.1, 0.15) is 57.2 Å². The summed E-state index contributed by atoms with van der Waals surface area (Å²) >= 11 is 53.0. The number of aryl methyl sites for hydroxylation is 1. The van der Waals surface area contributed by atoms with Crippen LogP contribution in [-0.4, -0.2) is 107 Å². The van der Waals surface area contributed by atoms with Crippen molar-refractivity contribution in [2.24, 2.45) is 0 Å². The van der Waals surface area contributed by atoms with E-state index in [1.807, 2.05) is 52.0 Å². The van der Waals surface area contributed by atoms with Crippen molar-refractivity contribution in [3.63, 3.8) is 0 Å². The van der Waals surface area contributed by atoms with Crippen LogP contribution in [0.4, 0.5) is 20.5 Å². The van der Waals surface area contributed by atoms with E-state index in [0.29, 0.717) is 35.0 Å². The van der Waals surface area contributed by atoms with Crippen molar-refractivity contribution in [3.8, 4) is 31.0 Å². The normalized spacial score (nSPS) is 11.6. The van der Waals surface area contributed by atoms with Crippen molar-refractivity contribution in [1.29, 1.82) is 0 Å². The summed E-state index contributed by atoms with van der Waals surface area (Å²) in [6.45, 7) is 11.4. The maximum atomic E-state index is 12.6. The fourth-order valence-corrected chi connectivity index (χ4v) is 21.1. The Bertz CT molecular complexity index is 5060. The van der Waals surface area contributed by atoms with Gasteiger partial charge in [0.25, 0.3) is 40.1 Å². The number of rotatable bonds is 21. The van der Waals surface area contributed by atoms with Gasteiger partial charge in [0, 0.05) is 63.1 Å². The second kappa shape index (κ2) is 34.7. The third-order valence-corrected chi connectivity index (χ3v) is 26.2. The molecule has 24 nitrogen and oxygen atoms in total. The molecule has 0 saturated carbocycles. The highest BCUT2D eigenvalue weighted by Crippen LogP contribution is 2.39. The summed E-state index contributed by atoms with van der Waals surface area (Å²) in [6, 6.07) is 27.5. The van der Waals surface area contributed by atoms with Crippen molar-refractivity contribution in [1.82, 2.24) is 55.7 Å². The van der Waals surface area contributed by atoms with Crippen LogP contribution in [-0.2, 0) is 57.7 Å². The molecule has 0 saturated heterocycles. The van der Waals surface area contributed by atoms with Crippen LogP contribution in [0.15, 0.2) is 147 Å². The van der Waals surface area contributed by atoms with Gasteiger partial charge in [0.15, 0.2) is 15.0 Å². The van der Waals surface area contributed by atoms with Crippen molar-refractivity contribution in [2.75, 3.05) is 18.9 Å². The molecule has 11 rings (SSSR count). The first-order valence-electron chi connectivity index (χ1n) is 28.2. The minimum atomic E-state index is -4.11. The van der Waals surface area contributed by atoms with E-state index in [2.05, 4.69) is 76.6 Å². The van der Waals surface area contributed by atoms with Gasteiger partial charge in [0.2, 0.25) is 26.4 Å². The number of nitrogens with one attached hydrogen (secondary N) is 4. The quantitative estimate of drug-likeness (QED) is 0.0519. The van der Waals surface area contributed by atoms with Crippen LogP contribution < -0.4 is 18.9 Å². The summed E-state index contributed by atoms with van der Waals surface area (Å²) < 4.78 is 110. The van der Waals surface area contributed by atoms with Gasteiger partial charge in [0.1, 0.15) is 14.8 Å². The van der Waals surface area contributed by atoms with E-state index < -0.39 is 40.1 Å². The maximum Gasteiger partial charge on any atom is 0.266 e. The first-order chi connectivity index (χ1) is 46.7. The average molecular weight is 1670 g/mol. The van der Waals surface area contributed by atoms with Crippen molar-refractivity contribution in [3.05, 3.63) is 184 Å². The number of amides is 1. The zero-order chi connectivity index (χ0) is 72.1. The van der Waals surface area contributed by atoms with Crippen LogP contribution in [0.3, 0.4) is 0 Å². The van der Waals surface area contributed by atoms with Gasteiger partial charge in [-0.15, -0.1) is 52.1 Å². The number of benzene rings is 4. The molecular formula is C58H51Cl8N15O9S9. The molecule has 99 heavy (non-hydrogen) atoms. The van der Waals surface area contributed by atoms with Gasteiger partial charge in [0.05, 0.1) is 45.5 Å². The molecule has 0 fully saturated rings. The van der Waals surface area contributed by atoms with Crippen LogP contribution >= 0.6 is 149 Å². The number of hydrogen-bond donors (Lipinski definition) is 4. The number of carbonyl (C=O) groups is 1. The van der Waals surface area contributed by atoms with E-state index in [4.69, 9.17) is 92.8 Å². The number of pyridine rings is 2. The fraction of sp³-hybridized carbons (Fsp3) is 0.190. The lowest BCUT2D eigenvalue weighted by Gasteiger charge is -2.30. The lowest BCUT2D eigenvalue weighted by molar-refractivity contribution is -0.134. The molecule has 11 aromatic rings. The number of sulfonamides is 4. The summed E-state index contributed by atoms with van der Waals surface area (Å²) in [5.41, 5.74) is 3.12. The Morgan fingerprint density at radius 1 is 0.485 bits per heavy atom. The zero-order valence-corrected chi connectivity index (χ0v) is 65.1. The average Bonchev–Trinajstić information content (AvgIpc) is 1.58. The lowest BCUT2D eigenvalue weighted by atomic mass is 10.1. The summed E-state index contributed by atoms with van der Waals surface area (Å²) in [5, 5.41) is 34.3. The number of anilines is 4. The van der Waals surface area contributed by atoms with E-state index in [0.717, 1.165) is 68.4 Å². The Kier molecular flexibility index (Phi) is 27.6. The Labute approximate surface area is 629 Å². The molecule has 41 heteroatoms. The van der Waals surface area contributed by atoms with E-state index in [1.54, 1.807) is 85.1 Å². The van der Waals surface area contributed by atoms with Crippen molar-refractivity contribution in [2.45, 2.75) is 92.5 Å². The van der Waals surface area contributed by atoms with E-state index >= 15 is 0 Å². The molecule has 0 spiro atoms. The van der Waals surface area contributed by atoms with Gasteiger partial charge in [-0.3, -0.25) is 33.7 Å². The Hall–Kier alpha value is -6.09. The highest BCUT2D eigenvalue weighted by Gasteiger charge is 2.28. The van der Waals surface area contributed by atoms with Gasteiger partial charge >= 0.3 is 0 Å². The number of aromatic nitrogens is 10. The molecule has 4 aromatic carbocycles. The van der Waals surface area contributed by atoms with Gasteiger partial charge < -0.3 is 4.90 Å². The number of carbonyl (C=O) groups excluding carboxylic acids is 1. The summed E-state index contributed by atoms with van der Waals surface area (Å²) in [6.07, 6.45) is 8.52. The van der Waals surface area contributed by atoms with Crippen LogP contribution in [0.2, 0.25) is 39.5 Å². The Morgan fingerprint density at radius 3 is 1.37 bits per heavy atom. The SMILES string of the molecule is CC(C)N(C(=O)Cc1nnc(NS(=O)(=O)c2c(Cl)cc(Cl)cc2Cl)s1)C(C)C.CCCc1ccc(S(=O)(=O)Nc2nnc(-c3cccnc3)s2)cc1.Cc1c(Cl)cccc1S(=O)(=O)Nc1nnc(-c2ccc(Cl)s2)s1.O=S(=O)(Nc1nnc(-c2cccnc2)s1)c1c(Cl)cc(Cl)cc1Cl. The van der Waals surface area contributed by atoms with Gasteiger partial charge in [-0.1, -0.05) is 170 Å². The molecule has 7 heterocycles. The molecular weight excluding hydrogens is 1620 g/mol. The van der Waals surface area contributed by atoms with Crippen LogP contribution in [0.5, 0.6) is 0 Å². The predicted octanol–water partition coefficient (Wildman–Crippen LogP) is 16.9. The highest BCUT2D eigenvalue weighted by molar-refractivity contribution is 7.94. The number of nitrogens with zero attached hydrogens (tertiary/aromatic N) is 11. The first-order valence-corrected chi connectivity index (χ1v) is 41.2. The summed E-state index contributed by atoms with van der Waals surface area (Å²) in [5.74, 6) is -0.112. The minimum absolute atomic E-state index is 0.00512. The molecule has 1 amide bonds. The van der Waals surface area contributed by atoms with E-state index in [1.165, 1.54) is 53.0 Å². The van der Waals surface area contributed by atoms with Crippen LogP contribution in [0, 0.1) is 6.92 Å². The molecule has 0 atom stereocenters. The molecule has 7 aromatic heterocycles. The lowest BCUT2D eigenvalue weighted by Crippen LogP contribution is -2.42. The largest absolute Gasteiger partial charge is 0.337 e. The summed E-state index contributed by atoms with van der Waals surface area (Å²) in [7, 11) is -15.6. The Morgan fingerprint density at radius 2 is 0.929 bits per heavy atom. The zero-order valence-electron chi connectivity index (χ0n) is 51.7. The molecule has 0 bridgehead atoms. The van der Waals surface area contributed by atoms with Gasteiger partial charge in [-0.05, 0) is 137 Å². The molecule has 0 aliphatic heterocycles. The molecule has 0 unspecified atom stereocenters. The second-order valence-corrected chi connectivity index (χ2v) is 35.8. The first kappa shape index (κ1) is 78.6. The molecule has 0 aliphatic carbocycles. The molecule has 522 valence electrons. The number of hydrogen-bond acceptors (Lipinski definition) is 24. The highest BCUT2D eigenvalue weighted by atomic mass is 35.5. The Balaban J connectivity index is 0.000000169. The maximum absolute atomic E-state index is 12.6. The summed E-state index contributed by atoms with van der Waals surface area (Å²) in [4.78, 5) is 22.8. The smallest absolute Gasteiger partial charge is 0.266 e. The van der Waals surface area contributed by atoms with Crippen LogP contribution in [0.25, 0.3) is 31.0 Å². The third-order valence-electron chi connectivity index (χ3n) is 12.7. The number of halogens is 8. The van der Waals surface area contributed by atoms with Gasteiger partial charge in [-0.2, -0.15) is 0 Å². The second-order valence-electron chi connectivity index (χ2n) is 20.6. The molecule has 0 radical (unpaired) electrons. The van der Waals surface area contributed by atoms with Crippen molar-refractivity contribution >= 4 is 216 Å². The monoisotopic (exact) mass is 1670 g/mol. The van der Waals surface area contributed by atoms with E-state index in [-0.39, 0.29) is 94.7 Å². The molecule has 4 N–H and O–H groups in total. The number of thiophene rings is 1. The van der Waals surface area contributed by atoms with Crippen molar-refractivity contribution < 1.29 is 38.5 Å². The topological polar surface area (TPSA) is 334 Å². The predicted molar refractivity (Wildman–Crippen MR) is 398 cm³/mol. The third kappa shape index (κ3) is 21.5. The van der Waals surface area contributed by atoms with Gasteiger partial charge in [-0.25, -0.2) is 33.7 Å². The van der Waals surface area contributed by atoms with E-state index in [9.17, 15) is 38.5 Å².